The topological polar surface area (TPSA) is 55.4 Å². The molecule has 1 aromatic carbocycles. The molecular weight excluding hydrogens is 321 g/mol. The zero-order valence-electron chi connectivity index (χ0n) is 10.2. The molecule has 1 amide bonds. The van der Waals surface area contributed by atoms with Crippen LogP contribution in [0.15, 0.2) is 22.7 Å². The first-order chi connectivity index (χ1) is 8.27. The fourth-order valence-corrected chi connectivity index (χ4v) is 1.93. The van der Waals surface area contributed by atoms with E-state index in [4.69, 9.17) is 11.6 Å². The summed E-state index contributed by atoms with van der Waals surface area (Å²) in [7, 11) is 1.27. The molecule has 0 aliphatic rings. The van der Waals surface area contributed by atoms with Gasteiger partial charge in [0, 0.05) is 9.50 Å². The second-order valence-electron chi connectivity index (χ2n) is 4.19. The highest BCUT2D eigenvalue weighted by atomic mass is 79.9. The first-order valence-electron chi connectivity index (χ1n) is 5.14. The van der Waals surface area contributed by atoms with Crippen molar-refractivity contribution in [2.45, 2.75) is 19.4 Å². The standard InChI is InChI=1S/C12H13BrClNO3/c1-12(2,11(17)18-3)15-10(16)8-6-7(14)4-5-9(8)13/h4-6H,1-3H3,(H,15,16). The van der Waals surface area contributed by atoms with Crippen molar-refractivity contribution in [2.24, 2.45) is 0 Å². The first-order valence-corrected chi connectivity index (χ1v) is 6.31. The molecule has 0 saturated heterocycles. The number of carbonyl (C=O) groups is 2. The van der Waals surface area contributed by atoms with Gasteiger partial charge >= 0.3 is 5.97 Å². The normalized spacial score (nSPS) is 10.9. The van der Waals surface area contributed by atoms with Gasteiger partial charge < -0.3 is 10.1 Å². The number of amides is 1. The molecule has 0 heterocycles. The van der Waals surface area contributed by atoms with Gasteiger partial charge in [-0.1, -0.05) is 11.6 Å². The Morgan fingerprint density at radius 1 is 1.39 bits per heavy atom. The molecule has 0 bridgehead atoms. The molecule has 6 heteroatoms. The van der Waals surface area contributed by atoms with E-state index in [0.29, 0.717) is 15.1 Å². The second kappa shape index (κ2) is 5.71. The minimum Gasteiger partial charge on any atom is -0.467 e. The number of nitrogens with one attached hydrogen (secondary N) is 1. The Kier molecular flexibility index (Phi) is 4.76. The van der Waals surface area contributed by atoms with Gasteiger partial charge in [-0.2, -0.15) is 0 Å². The number of ether oxygens (including phenoxy) is 1. The van der Waals surface area contributed by atoms with Crippen LogP contribution < -0.4 is 5.32 Å². The molecule has 1 rings (SSSR count). The maximum atomic E-state index is 12.0. The number of benzene rings is 1. The zero-order valence-corrected chi connectivity index (χ0v) is 12.6. The summed E-state index contributed by atoms with van der Waals surface area (Å²) in [5, 5.41) is 3.03. The molecule has 0 atom stereocenters. The van der Waals surface area contributed by atoms with Gasteiger partial charge in [-0.05, 0) is 48.0 Å². The van der Waals surface area contributed by atoms with Gasteiger partial charge in [0.25, 0.3) is 5.91 Å². The summed E-state index contributed by atoms with van der Waals surface area (Å²) in [5.74, 6) is -0.922. The van der Waals surface area contributed by atoms with Crippen LogP contribution >= 0.6 is 27.5 Å². The van der Waals surface area contributed by atoms with Crippen molar-refractivity contribution in [2.75, 3.05) is 7.11 Å². The van der Waals surface area contributed by atoms with E-state index >= 15 is 0 Å². The van der Waals surface area contributed by atoms with Crippen LogP contribution in [0.3, 0.4) is 0 Å². The lowest BCUT2D eigenvalue weighted by molar-refractivity contribution is -0.146. The van der Waals surface area contributed by atoms with Crippen molar-refractivity contribution in [3.63, 3.8) is 0 Å². The van der Waals surface area contributed by atoms with Crippen molar-refractivity contribution in [1.82, 2.24) is 5.32 Å². The summed E-state index contributed by atoms with van der Waals surface area (Å²) in [6.45, 7) is 3.13. The summed E-state index contributed by atoms with van der Waals surface area (Å²) in [5.41, 5.74) is -0.743. The summed E-state index contributed by atoms with van der Waals surface area (Å²) < 4.78 is 5.22. The van der Waals surface area contributed by atoms with E-state index < -0.39 is 17.4 Å². The van der Waals surface area contributed by atoms with Crippen LogP contribution in [-0.4, -0.2) is 24.5 Å². The lowest BCUT2D eigenvalue weighted by Crippen LogP contribution is -2.50. The fourth-order valence-electron chi connectivity index (χ4n) is 1.33. The number of halogens is 2. The first kappa shape index (κ1) is 15.0. The Balaban J connectivity index is 2.95. The van der Waals surface area contributed by atoms with Gasteiger partial charge in [0.05, 0.1) is 12.7 Å². The summed E-state index contributed by atoms with van der Waals surface area (Å²) in [6, 6.07) is 4.85. The number of esters is 1. The Bertz CT molecular complexity index is 488. The minimum atomic E-state index is -1.10. The third-order valence-electron chi connectivity index (χ3n) is 2.29. The lowest BCUT2D eigenvalue weighted by atomic mass is 10.1. The summed E-state index contributed by atoms with van der Waals surface area (Å²) in [6.07, 6.45) is 0. The van der Waals surface area contributed by atoms with E-state index in [1.54, 1.807) is 26.0 Å². The highest BCUT2D eigenvalue weighted by Crippen LogP contribution is 2.21. The zero-order chi connectivity index (χ0) is 13.9. The predicted molar refractivity (Wildman–Crippen MR) is 72.7 cm³/mol. The minimum absolute atomic E-state index is 0.361. The van der Waals surface area contributed by atoms with Gasteiger partial charge in [-0.15, -0.1) is 0 Å². The average Bonchev–Trinajstić information content (AvgIpc) is 2.30. The van der Waals surface area contributed by atoms with E-state index in [-0.39, 0.29) is 0 Å². The molecule has 4 nitrogen and oxygen atoms in total. The van der Waals surface area contributed by atoms with E-state index in [1.807, 2.05) is 0 Å². The molecule has 18 heavy (non-hydrogen) atoms. The van der Waals surface area contributed by atoms with Crippen LogP contribution in [0.5, 0.6) is 0 Å². The lowest BCUT2D eigenvalue weighted by Gasteiger charge is -2.23. The predicted octanol–water partition coefficient (Wildman–Crippen LogP) is 2.78. The smallest absolute Gasteiger partial charge is 0.330 e. The van der Waals surface area contributed by atoms with E-state index in [2.05, 4.69) is 26.0 Å². The number of hydrogen-bond acceptors (Lipinski definition) is 3. The highest BCUT2D eigenvalue weighted by Gasteiger charge is 2.31. The van der Waals surface area contributed by atoms with Crippen LogP contribution in [0.1, 0.15) is 24.2 Å². The average molecular weight is 335 g/mol. The van der Waals surface area contributed by atoms with Gasteiger partial charge in [-0.3, -0.25) is 4.79 Å². The van der Waals surface area contributed by atoms with Crippen LogP contribution in [0.25, 0.3) is 0 Å². The van der Waals surface area contributed by atoms with Crippen LogP contribution in [0.4, 0.5) is 0 Å². The molecule has 1 aromatic rings. The van der Waals surface area contributed by atoms with Gasteiger partial charge in [0.1, 0.15) is 5.54 Å². The van der Waals surface area contributed by atoms with Crippen LogP contribution in [0, 0.1) is 0 Å². The Labute approximate surface area is 119 Å². The number of methoxy groups -OCH3 is 1. The quantitative estimate of drug-likeness (QED) is 0.865. The maximum Gasteiger partial charge on any atom is 0.330 e. The van der Waals surface area contributed by atoms with Crippen LogP contribution in [0.2, 0.25) is 5.02 Å². The Morgan fingerprint density at radius 2 is 2.00 bits per heavy atom. The van der Waals surface area contributed by atoms with Gasteiger partial charge in [0.15, 0.2) is 0 Å². The molecule has 0 spiro atoms. The van der Waals surface area contributed by atoms with Crippen molar-refractivity contribution < 1.29 is 14.3 Å². The molecule has 0 aromatic heterocycles. The number of rotatable bonds is 3. The SMILES string of the molecule is COC(=O)C(C)(C)NC(=O)c1cc(Cl)ccc1Br. The Morgan fingerprint density at radius 3 is 2.56 bits per heavy atom. The molecule has 0 saturated carbocycles. The van der Waals surface area contributed by atoms with Crippen molar-refractivity contribution in [3.05, 3.63) is 33.3 Å². The van der Waals surface area contributed by atoms with Crippen LogP contribution in [-0.2, 0) is 9.53 Å². The third-order valence-corrected chi connectivity index (χ3v) is 3.22. The Hall–Kier alpha value is -1.07. The second-order valence-corrected chi connectivity index (χ2v) is 5.49. The van der Waals surface area contributed by atoms with Crippen molar-refractivity contribution in [3.8, 4) is 0 Å². The number of hydrogen-bond donors (Lipinski definition) is 1. The monoisotopic (exact) mass is 333 g/mol. The van der Waals surface area contributed by atoms with Gasteiger partial charge in [-0.25, -0.2) is 4.79 Å². The third kappa shape index (κ3) is 3.46. The molecule has 98 valence electrons. The molecular formula is C12H13BrClNO3. The molecule has 0 radical (unpaired) electrons. The largest absolute Gasteiger partial charge is 0.467 e. The summed E-state index contributed by atoms with van der Waals surface area (Å²) in [4.78, 5) is 23.5. The van der Waals surface area contributed by atoms with Crippen molar-refractivity contribution >= 4 is 39.4 Å². The molecule has 1 N–H and O–H groups in total. The molecule has 0 aliphatic heterocycles. The number of carbonyl (C=O) groups excluding carboxylic acids is 2. The highest BCUT2D eigenvalue weighted by molar-refractivity contribution is 9.10. The fraction of sp³-hybridized carbons (Fsp3) is 0.333. The van der Waals surface area contributed by atoms with Gasteiger partial charge in [0.2, 0.25) is 0 Å². The molecule has 0 unspecified atom stereocenters. The van der Waals surface area contributed by atoms with Crippen molar-refractivity contribution in [1.29, 1.82) is 0 Å². The van der Waals surface area contributed by atoms with E-state index in [0.717, 1.165) is 0 Å². The van der Waals surface area contributed by atoms with E-state index in [1.165, 1.54) is 13.2 Å². The molecule has 0 aliphatic carbocycles. The summed E-state index contributed by atoms with van der Waals surface area (Å²) >= 11 is 9.09. The molecule has 0 fully saturated rings. The maximum absolute atomic E-state index is 12.0. The van der Waals surface area contributed by atoms with E-state index in [9.17, 15) is 9.59 Å².